The molecule has 0 fully saturated rings. The van der Waals surface area contributed by atoms with Gasteiger partial charge in [-0.1, -0.05) is 32.1 Å². The van der Waals surface area contributed by atoms with E-state index in [1.54, 1.807) is 22.8 Å². The molecule has 0 atom stereocenters. The van der Waals surface area contributed by atoms with Crippen LogP contribution >= 0.6 is 11.3 Å². The Hall–Kier alpha value is -1.18. The number of aryl methyl sites for hydroxylation is 1. The molecule has 1 aromatic carbocycles. The largest absolute Gasteiger partial charge is 0.308 e. The summed E-state index contributed by atoms with van der Waals surface area (Å²) in [7, 11) is -3.52. The number of nitrogens with zero attached hydrogens (tertiary/aromatic N) is 1. The van der Waals surface area contributed by atoms with Crippen LogP contribution in [0.2, 0.25) is 0 Å². The molecule has 0 aliphatic heterocycles. The van der Waals surface area contributed by atoms with Gasteiger partial charge >= 0.3 is 4.87 Å². The van der Waals surface area contributed by atoms with Crippen molar-refractivity contribution >= 4 is 31.6 Å². The fraction of sp³-hybridized carbons (Fsp3) is 0.500. The van der Waals surface area contributed by atoms with E-state index >= 15 is 0 Å². The van der Waals surface area contributed by atoms with E-state index in [0.717, 1.165) is 23.3 Å². The van der Waals surface area contributed by atoms with Gasteiger partial charge in [-0.25, -0.2) is 13.1 Å². The fourth-order valence-corrected chi connectivity index (χ4v) is 4.28. The molecule has 7 heteroatoms. The second-order valence-corrected chi connectivity index (χ2v) is 8.16. The molecule has 0 amide bonds. The number of nitrogens with one attached hydrogen (secondary N) is 1. The maximum Gasteiger partial charge on any atom is 0.308 e. The van der Waals surface area contributed by atoms with Crippen molar-refractivity contribution in [3.8, 4) is 0 Å². The smallest absolute Gasteiger partial charge is 0.299 e. The van der Waals surface area contributed by atoms with Crippen molar-refractivity contribution in [3.05, 3.63) is 27.9 Å². The van der Waals surface area contributed by atoms with E-state index in [9.17, 15) is 13.2 Å². The average molecular weight is 328 g/mol. The highest BCUT2D eigenvalue weighted by molar-refractivity contribution is 7.89. The third-order valence-electron chi connectivity index (χ3n) is 3.08. The van der Waals surface area contributed by atoms with Gasteiger partial charge in [0, 0.05) is 13.1 Å². The second kappa shape index (κ2) is 6.29. The maximum absolute atomic E-state index is 12.2. The highest BCUT2D eigenvalue weighted by Crippen LogP contribution is 2.22. The Bertz CT molecular complexity index is 788. The monoisotopic (exact) mass is 328 g/mol. The van der Waals surface area contributed by atoms with E-state index in [4.69, 9.17) is 0 Å². The van der Waals surface area contributed by atoms with Crippen molar-refractivity contribution < 1.29 is 8.42 Å². The fourth-order valence-electron chi connectivity index (χ4n) is 2.01. The minimum atomic E-state index is -3.52. The number of hydrogen-bond acceptors (Lipinski definition) is 4. The molecule has 0 aliphatic carbocycles. The summed E-state index contributed by atoms with van der Waals surface area (Å²) in [4.78, 5) is 12.1. The SMILES string of the molecule is CCCn1c(=O)sc2cc(S(=O)(=O)NCC(C)C)ccc21. The van der Waals surface area contributed by atoms with Gasteiger partial charge in [-0.15, -0.1) is 0 Å². The van der Waals surface area contributed by atoms with Gasteiger partial charge in [-0.05, 0) is 30.5 Å². The highest BCUT2D eigenvalue weighted by atomic mass is 32.2. The summed E-state index contributed by atoms with van der Waals surface area (Å²) in [5.74, 6) is 0.241. The van der Waals surface area contributed by atoms with E-state index in [2.05, 4.69) is 4.72 Å². The van der Waals surface area contributed by atoms with Gasteiger partial charge in [0.1, 0.15) is 0 Å². The van der Waals surface area contributed by atoms with Crippen molar-refractivity contribution in [1.29, 1.82) is 0 Å². The van der Waals surface area contributed by atoms with Crippen LogP contribution in [0.4, 0.5) is 0 Å². The number of aromatic nitrogens is 1. The summed E-state index contributed by atoms with van der Waals surface area (Å²) in [6, 6.07) is 4.85. The third kappa shape index (κ3) is 3.53. The summed E-state index contributed by atoms with van der Waals surface area (Å²) in [6.45, 7) is 6.94. The van der Waals surface area contributed by atoms with Crippen molar-refractivity contribution in [1.82, 2.24) is 9.29 Å². The maximum atomic E-state index is 12.2. The van der Waals surface area contributed by atoms with Crippen molar-refractivity contribution in [2.45, 2.75) is 38.6 Å². The topological polar surface area (TPSA) is 68.2 Å². The van der Waals surface area contributed by atoms with E-state index in [1.165, 1.54) is 0 Å². The molecular formula is C14H20N2O3S2. The molecule has 1 heterocycles. The van der Waals surface area contributed by atoms with Crippen molar-refractivity contribution in [3.63, 3.8) is 0 Å². The Kier molecular flexibility index (Phi) is 4.85. The highest BCUT2D eigenvalue weighted by Gasteiger charge is 2.16. The predicted octanol–water partition coefficient (Wildman–Crippen LogP) is 2.41. The lowest BCUT2D eigenvalue weighted by molar-refractivity contribution is 0.560. The first-order valence-electron chi connectivity index (χ1n) is 6.98. The molecule has 0 aliphatic rings. The van der Waals surface area contributed by atoms with Gasteiger partial charge in [0.15, 0.2) is 0 Å². The molecule has 0 spiro atoms. The Morgan fingerprint density at radius 3 is 2.67 bits per heavy atom. The number of rotatable bonds is 6. The van der Waals surface area contributed by atoms with E-state index < -0.39 is 10.0 Å². The van der Waals surface area contributed by atoms with E-state index in [0.29, 0.717) is 17.8 Å². The number of hydrogen-bond donors (Lipinski definition) is 1. The molecule has 1 N–H and O–H groups in total. The van der Waals surface area contributed by atoms with Crippen LogP contribution in [0, 0.1) is 5.92 Å². The molecule has 0 saturated carbocycles. The number of fused-ring (bicyclic) bond motifs is 1. The summed E-state index contributed by atoms with van der Waals surface area (Å²) < 4.78 is 29.4. The standard InChI is InChI=1S/C14H20N2O3S2/c1-4-7-16-12-6-5-11(8-13(12)20-14(16)17)21(18,19)15-9-10(2)3/h5-6,8,10,15H,4,7,9H2,1-3H3. The van der Waals surface area contributed by atoms with Crippen LogP contribution in [0.3, 0.4) is 0 Å². The molecule has 0 saturated heterocycles. The van der Waals surface area contributed by atoms with Crippen LogP contribution in [0.15, 0.2) is 27.9 Å². The van der Waals surface area contributed by atoms with Gasteiger partial charge in [-0.3, -0.25) is 9.36 Å². The van der Waals surface area contributed by atoms with Gasteiger partial charge in [0.05, 0.1) is 15.1 Å². The van der Waals surface area contributed by atoms with Gasteiger partial charge in [-0.2, -0.15) is 0 Å². The predicted molar refractivity (Wildman–Crippen MR) is 86.4 cm³/mol. The first-order valence-corrected chi connectivity index (χ1v) is 9.28. The van der Waals surface area contributed by atoms with Crippen molar-refractivity contribution in [2.24, 2.45) is 5.92 Å². The van der Waals surface area contributed by atoms with Crippen LogP contribution in [-0.4, -0.2) is 19.5 Å². The lowest BCUT2D eigenvalue weighted by Gasteiger charge is -2.09. The Morgan fingerprint density at radius 1 is 1.33 bits per heavy atom. The van der Waals surface area contributed by atoms with Crippen LogP contribution in [0.5, 0.6) is 0 Å². The van der Waals surface area contributed by atoms with Crippen LogP contribution < -0.4 is 9.60 Å². The first kappa shape index (κ1) is 16.2. The van der Waals surface area contributed by atoms with E-state index in [-0.39, 0.29) is 15.7 Å². The zero-order valence-electron chi connectivity index (χ0n) is 12.4. The Morgan fingerprint density at radius 2 is 2.05 bits per heavy atom. The van der Waals surface area contributed by atoms with Crippen LogP contribution in [0.1, 0.15) is 27.2 Å². The molecule has 0 radical (unpaired) electrons. The van der Waals surface area contributed by atoms with Crippen LogP contribution in [-0.2, 0) is 16.6 Å². The van der Waals surface area contributed by atoms with Crippen LogP contribution in [0.25, 0.3) is 10.2 Å². The lowest BCUT2D eigenvalue weighted by Crippen LogP contribution is -2.27. The molecule has 2 rings (SSSR count). The molecule has 2 aromatic rings. The molecular weight excluding hydrogens is 308 g/mol. The average Bonchev–Trinajstić information content (AvgIpc) is 2.73. The second-order valence-electron chi connectivity index (χ2n) is 5.39. The summed E-state index contributed by atoms with van der Waals surface area (Å²) in [6.07, 6.45) is 0.863. The van der Waals surface area contributed by atoms with E-state index in [1.807, 2.05) is 20.8 Å². The van der Waals surface area contributed by atoms with Crippen molar-refractivity contribution in [2.75, 3.05) is 6.54 Å². The minimum Gasteiger partial charge on any atom is -0.299 e. The summed E-state index contributed by atoms with van der Waals surface area (Å²) >= 11 is 1.09. The molecule has 1 aromatic heterocycles. The zero-order valence-corrected chi connectivity index (χ0v) is 14.1. The third-order valence-corrected chi connectivity index (χ3v) is 5.44. The zero-order chi connectivity index (χ0) is 15.6. The molecule has 0 bridgehead atoms. The molecule has 5 nitrogen and oxygen atoms in total. The van der Waals surface area contributed by atoms with Gasteiger partial charge in [0.25, 0.3) is 0 Å². The minimum absolute atomic E-state index is 0.0449. The number of thiazole rings is 1. The quantitative estimate of drug-likeness (QED) is 0.885. The molecule has 116 valence electrons. The van der Waals surface area contributed by atoms with Gasteiger partial charge < -0.3 is 0 Å². The molecule has 0 unspecified atom stereocenters. The summed E-state index contributed by atoms with van der Waals surface area (Å²) in [5.41, 5.74) is 0.801. The number of benzene rings is 1. The Balaban J connectivity index is 2.42. The normalized spacial score (nSPS) is 12.4. The lowest BCUT2D eigenvalue weighted by atomic mass is 10.2. The number of sulfonamides is 1. The first-order chi connectivity index (χ1) is 9.85. The van der Waals surface area contributed by atoms with Gasteiger partial charge in [0.2, 0.25) is 10.0 Å². The summed E-state index contributed by atoms with van der Waals surface area (Å²) in [5, 5.41) is 0. The molecule has 21 heavy (non-hydrogen) atoms. The Labute approximate surface area is 128 Å².